The molecular weight excluding hydrogens is 202 g/mol. The lowest BCUT2D eigenvalue weighted by molar-refractivity contribution is 0.306. The monoisotopic (exact) mass is 219 g/mol. The number of anilines is 1. The Balaban J connectivity index is 2.62. The van der Waals surface area contributed by atoms with Crippen molar-refractivity contribution in [3.05, 3.63) is 17.6 Å². The van der Waals surface area contributed by atoms with Crippen LogP contribution in [0.4, 0.5) is 5.82 Å². The van der Waals surface area contributed by atoms with Crippen LogP contribution >= 0.6 is 0 Å². The summed E-state index contributed by atoms with van der Waals surface area (Å²) in [5.41, 5.74) is 5.96. The highest BCUT2D eigenvalue weighted by atomic mass is 15.1. The van der Waals surface area contributed by atoms with Crippen molar-refractivity contribution in [3.63, 3.8) is 0 Å². The zero-order chi connectivity index (χ0) is 12.0. The Morgan fingerprint density at radius 1 is 1.44 bits per heavy atom. The molecule has 1 aromatic heterocycles. The average molecular weight is 219 g/mol. The minimum absolute atomic E-state index is 0.270. The summed E-state index contributed by atoms with van der Waals surface area (Å²) in [7, 11) is 0. The minimum atomic E-state index is 0.270. The van der Waals surface area contributed by atoms with Gasteiger partial charge in [-0.15, -0.1) is 0 Å². The standard InChI is InChI=1S/C11H17N5/c1-3-16(4-2)6-5-10-14-8-9(7-12)11(13)15-10/h8H,3-6H2,1-2H3,(H2,13,14,15). The molecule has 1 rings (SSSR count). The number of hydrogen-bond acceptors (Lipinski definition) is 5. The van der Waals surface area contributed by atoms with Gasteiger partial charge in [-0.05, 0) is 13.1 Å². The average Bonchev–Trinajstić information content (AvgIpc) is 2.30. The van der Waals surface area contributed by atoms with Crippen molar-refractivity contribution in [2.24, 2.45) is 0 Å². The summed E-state index contributed by atoms with van der Waals surface area (Å²) in [4.78, 5) is 10.5. The number of rotatable bonds is 5. The molecule has 1 aromatic rings. The maximum atomic E-state index is 8.69. The molecule has 86 valence electrons. The minimum Gasteiger partial charge on any atom is -0.382 e. The third-order valence-electron chi connectivity index (χ3n) is 2.53. The lowest BCUT2D eigenvalue weighted by Crippen LogP contribution is -2.26. The quantitative estimate of drug-likeness (QED) is 0.793. The van der Waals surface area contributed by atoms with Crippen molar-refractivity contribution < 1.29 is 0 Å². The fraction of sp³-hybridized carbons (Fsp3) is 0.545. The first-order valence-corrected chi connectivity index (χ1v) is 5.45. The Labute approximate surface area is 95.9 Å². The number of nitriles is 1. The van der Waals surface area contributed by atoms with Crippen LogP contribution in [0.5, 0.6) is 0 Å². The van der Waals surface area contributed by atoms with Crippen LogP contribution < -0.4 is 5.73 Å². The maximum absolute atomic E-state index is 8.69. The molecular formula is C11H17N5. The van der Waals surface area contributed by atoms with Crippen LogP contribution in [0.25, 0.3) is 0 Å². The molecule has 0 saturated carbocycles. The first kappa shape index (κ1) is 12.4. The third kappa shape index (κ3) is 3.17. The Morgan fingerprint density at radius 2 is 2.12 bits per heavy atom. The molecule has 1 heterocycles. The Kier molecular flexibility index (Phi) is 4.67. The van der Waals surface area contributed by atoms with E-state index in [1.165, 1.54) is 6.20 Å². The van der Waals surface area contributed by atoms with E-state index in [2.05, 4.69) is 28.7 Å². The molecule has 0 unspecified atom stereocenters. The van der Waals surface area contributed by atoms with Crippen LogP contribution in [0.15, 0.2) is 6.20 Å². The van der Waals surface area contributed by atoms with Gasteiger partial charge in [0.05, 0.1) is 6.20 Å². The fourth-order valence-electron chi connectivity index (χ4n) is 1.44. The molecule has 0 bridgehead atoms. The number of nitrogens with two attached hydrogens (primary N) is 1. The summed E-state index contributed by atoms with van der Waals surface area (Å²) in [5.74, 6) is 0.968. The van der Waals surface area contributed by atoms with Crippen molar-refractivity contribution in [2.75, 3.05) is 25.4 Å². The molecule has 0 aliphatic rings. The molecule has 0 radical (unpaired) electrons. The van der Waals surface area contributed by atoms with Crippen molar-refractivity contribution in [1.29, 1.82) is 5.26 Å². The Bertz CT molecular complexity index is 378. The lowest BCUT2D eigenvalue weighted by Gasteiger charge is -2.16. The smallest absolute Gasteiger partial charge is 0.145 e. The fourth-order valence-corrected chi connectivity index (χ4v) is 1.44. The van der Waals surface area contributed by atoms with Crippen molar-refractivity contribution in [1.82, 2.24) is 14.9 Å². The summed E-state index contributed by atoms with van der Waals surface area (Å²) >= 11 is 0. The van der Waals surface area contributed by atoms with Crippen LogP contribution in [-0.2, 0) is 6.42 Å². The molecule has 0 aliphatic heterocycles. The molecule has 2 N–H and O–H groups in total. The highest BCUT2D eigenvalue weighted by molar-refractivity contribution is 5.46. The van der Waals surface area contributed by atoms with E-state index in [-0.39, 0.29) is 5.82 Å². The van der Waals surface area contributed by atoms with Gasteiger partial charge >= 0.3 is 0 Å². The number of likely N-dealkylation sites (N-methyl/N-ethyl adjacent to an activating group) is 1. The van der Waals surface area contributed by atoms with Gasteiger partial charge in [0.25, 0.3) is 0 Å². The van der Waals surface area contributed by atoms with Gasteiger partial charge in [-0.1, -0.05) is 13.8 Å². The topological polar surface area (TPSA) is 78.8 Å². The SMILES string of the molecule is CCN(CC)CCc1ncc(C#N)c(N)n1. The molecule has 0 spiro atoms. The molecule has 0 atom stereocenters. The Morgan fingerprint density at radius 3 is 2.62 bits per heavy atom. The predicted molar refractivity (Wildman–Crippen MR) is 62.7 cm³/mol. The van der Waals surface area contributed by atoms with Crippen LogP contribution in [0.1, 0.15) is 25.2 Å². The third-order valence-corrected chi connectivity index (χ3v) is 2.53. The van der Waals surface area contributed by atoms with E-state index in [0.717, 1.165) is 26.1 Å². The van der Waals surface area contributed by atoms with Crippen LogP contribution in [0.2, 0.25) is 0 Å². The lowest BCUT2D eigenvalue weighted by atomic mass is 10.3. The summed E-state index contributed by atoms with van der Waals surface area (Å²) in [5, 5.41) is 8.69. The van der Waals surface area contributed by atoms with Crippen LogP contribution in [0.3, 0.4) is 0 Å². The normalized spacial score (nSPS) is 10.4. The molecule has 5 heteroatoms. The van der Waals surface area contributed by atoms with Gasteiger partial charge in [-0.25, -0.2) is 9.97 Å². The van der Waals surface area contributed by atoms with Crippen LogP contribution in [-0.4, -0.2) is 34.5 Å². The zero-order valence-electron chi connectivity index (χ0n) is 9.77. The number of aromatic nitrogens is 2. The highest BCUT2D eigenvalue weighted by Gasteiger charge is 2.05. The van der Waals surface area contributed by atoms with Gasteiger partial charge in [0, 0.05) is 13.0 Å². The van der Waals surface area contributed by atoms with E-state index in [1.54, 1.807) is 0 Å². The first-order valence-electron chi connectivity index (χ1n) is 5.45. The van der Waals surface area contributed by atoms with Gasteiger partial charge in [0.15, 0.2) is 0 Å². The van der Waals surface area contributed by atoms with Crippen LogP contribution in [0, 0.1) is 11.3 Å². The zero-order valence-corrected chi connectivity index (χ0v) is 9.77. The molecule has 0 aliphatic carbocycles. The summed E-state index contributed by atoms with van der Waals surface area (Å²) in [6.45, 7) is 7.19. The molecule has 0 saturated heterocycles. The van der Waals surface area contributed by atoms with Gasteiger partial charge in [0.2, 0.25) is 0 Å². The second-order valence-corrected chi connectivity index (χ2v) is 3.47. The number of hydrogen-bond donors (Lipinski definition) is 1. The van der Waals surface area contributed by atoms with E-state index in [1.807, 2.05) is 6.07 Å². The molecule has 16 heavy (non-hydrogen) atoms. The summed E-state index contributed by atoms with van der Waals surface area (Å²) in [6, 6.07) is 1.95. The number of nitrogens with zero attached hydrogens (tertiary/aromatic N) is 4. The van der Waals surface area contributed by atoms with Gasteiger partial charge in [0.1, 0.15) is 23.3 Å². The molecule has 0 amide bonds. The van der Waals surface area contributed by atoms with Crippen molar-refractivity contribution in [2.45, 2.75) is 20.3 Å². The summed E-state index contributed by atoms with van der Waals surface area (Å²) < 4.78 is 0. The van der Waals surface area contributed by atoms with Gasteiger partial charge in [-0.2, -0.15) is 5.26 Å². The van der Waals surface area contributed by atoms with E-state index in [4.69, 9.17) is 11.0 Å². The summed E-state index contributed by atoms with van der Waals surface area (Å²) in [6.07, 6.45) is 2.25. The van der Waals surface area contributed by atoms with E-state index in [9.17, 15) is 0 Å². The number of nitrogen functional groups attached to an aromatic ring is 1. The van der Waals surface area contributed by atoms with Gasteiger partial charge < -0.3 is 10.6 Å². The van der Waals surface area contributed by atoms with E-state index >= 15 is 0 Å². The Hall–Kier alpha value is -1.67. The first-order chi connectivity index (χ1) is 7.71. The molecule has 5 nitrogen and oxygen atoms in total. The maximum Gasteiger partial charge on any atom is 0.145 e. The predicted octanol–water partition coefficient (Wildman–Crippen LogP) is 0.815. The largest absolute Gasteiger partial charge is 0.382 e. The molecule has 0 fully saturated rings. The molecule has 0 aromatic carbocycles. The van der Waals surface area contributed by atoms with Gasteiger partial charge in [-0.3, -0.25) is 0 Å². The second kappa shape index (κ2) is 6.03. The second-order valence-electron chi connectivity index (χ2n) is 3.47. The van der Waals surface area contributed by atoms with E-state index < -0.39 is 0 Å². The van der Waals surface area contributed by atoms with Crippen molar-refractivity contribution in [3.8, 4) is 6.07 Å². The van der Waals surface area contributed by atoms with E-state index in [0.29, 0.717) is 11.4 Å². The highest BCUT2D eigenvalue weighted by Crippen LogP contribution is 2.06. The van der Waals surface area contributed by atoms with Crippen molar-refractivity contribution >= 4 is 5.82 Å².